The molecule has 0 aliphatic heterocycles. The van der Waals surface area contributed by atoms with Crippen molar-refractivity contribution in [2.45, 2.75) is 20.3 Å². The van der Waals surface area contributed by atoms with Crippen molar-refractivity contribution in [3.8, 4) is 5.75 Å². The topological polar surface area (TPSA) is 38.3 Å². The molecular formula is C23H22BrNO2. The Kier molecular flexibility index (Phi) is 6.30. The Balaban J connectivity index is 1.73. The highest BCUT2D eigenvalue weighted by Gasteiger charge is 2.14. The lowest BCUT2D eigenvalue weighted by Gasteiger charge is -2.13. The van der Waals surface area contributed by atoms with Crippen molar-refractivity contribution in [2.24, 2.45) is 0 Å². The van der Waals surface area contributed by atoms with Gasteiger partial charge in [-0.2, -0.15) is 0 Å². The number of aryl methyl sites for hydroxylation is 2. The molecule has 0 bridgehead atoms. The number of rotatable bonds is 6. The van der Waals surface area contributed by atoms with E-state index in [-0.39, 0.29) is 5.91 Å². The molecule has 0 aliphatic carbocycles. The van der Waals surface area contributed by atoms with Gasteiger partial charge in [0.15, 0.2) is 0 Å². The highest BCUT2D eigenvalue weighted by Crippen LogP contribution is 2.25. The molecule has 4 heteroatoms. The number of ether oxygens (including phenoxy) is 1. The molecule has 0 radical (unpaired) electrons. The minimum absolute atomic E-state index is 0.184. The van der Waals surface area contributed by atoms with E-state index in [1.165, 1.54) is 5.56 Å². The normalized spacial score (nSPS) is 10.5. The van der Waals surface area contributed by atoms with E-state index in [0.29, 0.717) is 17.9 Å². The Morgan fingerprint density at radius 2 is 1.67 bits per heavy atom. The smallest absolute Gasteiger partial charge is 0.259 e. The van der Waals surface area contributed by atoms with Crippen LogP contribution in [-0.2, 0) is 6.42 Å². The predicted molar refractivity (Wildman–Crippen MR) is 114 cm³/mol. The van der Waals surface area contributed by atoms with E-state index in [4.69, 9.17) is 4.74 Å². The van der Waals surface area contributed by atoms with Crippen LogP contribution in [0.4, 0.5) is 5.69 Å². The Morgan fingerprint density at radius 3 is 2.37 bits per heavy atom. The molecule has 3 aromatic carbocycles. The molecule has 1 N–H and O–H groups in total. The molecule has 0 heterocycles. The number of amides is 1. The number of halogens is 1. The number of hydrogen-bond acceptors (Lipinski definition) is 2. The van der Waals surface area contributed by atoms with Crippen LogP contribution in [0.1, 0.15) is 27.0 Å². The average Bonchev–Trinajstić information content (AvgIpc) is 2.63. The zero-order valence-electron chi connectivity index (χ0n) is 15.5. The number of carbonyl (C=O) groups excluding carboxylic acids is 1. The summed E-state index contributed by atoms with van der Waals surface area (Å²) in [4.78, 5) is 12.8. The second-order valence-corrected chi connectivity index (χ2v) is 7.47. The minimum atomic E-state index is -0.184. The quantitative estimate of drug-likeness (QED) is 0.532. The summed E-state index contributed by atoms with van der Waals surface area (Å²) in [6, 6.07) is 21.6. The van der Waals surface area contributed by atoms with Crippen molar-refractivity contribution >= 4 is 27.5 Å². The zero-order chi connectivity index (χ0) is 19.2. The summed E-state index contributed by atoms with van der Waals surface area (Å²) in [7, 11) is 0. The van der Waals surface area contributed by atoms with Crippen LogP contribution in [0.2, 0.25) is 0 Å². The van der Waals surface area contributed by atoms with Gasteiger partial charge < -0.3 is 10.1 Å². The summed E-state index contributed by atoms with van der Waals surface area (Å²) in [6.45, 7) is 4.54. The van der Waals surface area contributed by atoms with Crippen LogP contribution in [0.15, 0.2) is 71.2 Å². The Hall–Kier alpha value is -2.59. The first-order chi connectivity index (χ1) is 13.0. The SMILES string of the molecule is Cc1cc(C)cc(NC(=O)c2cc(Br)ccc2OCCc2ccccc2)c1. The van der Waals surface area contributed by atoms with E-state index in [1.54, 1.807) is 6.07 Å². The molecular weight excluding hydrogens is 402 g/mol. The van der Waals surface area contributed by atoms with Crippen LogP contribution >= 0.6 is 15.9 Å². The van der Waals surface area contributed by atoms with Crippen molar-refractivity contribution in [2.75, 3.05) is 11.9 Å². The van der Waals surface area contributed by atoms with Gasteiger partial charge in [-0.3, -0.25) is 4.79 Å². The first kappa shape index (κ1) is 19.2. The van der Waals surface area contributed by atoms with Crippen molar-refractivity contribution < 1.29 is 9.53 Å². The first-order valence-corrected chi connectivity index (χ1v) is 9.66. The van der Waals surface area contributed by atoms with Gasteiger partial charge in [-0.1, -0.05) is 52.3 Å². The van der Waals surface area contributed by atoms with Crippen LogP contribution in [0.25, 0.3) is 0 Å². The van der Waals surface area contributed by atoms with E-state index in [1.807, 2.05) is 56.3 Å². The van der Waals surface area contributed by atoms with Gasteiger partial charge in [0.1, 0.15) is 5.75 Å². The van der Waals surface area contributed by atoms with Gasteiger partial charge >= 0.3 is 0 Å². The van der Waals surface area contributed by atoms with Crippen LogP contribution in [0, 0.1) is 13.8 Å². The number of nitrogens with one attached hydrogen (secondary N) is 1. The Bertz CT molecular complexity index is 918. The summed E-state index contributed by atoms with van der Waals surface area (Å²) in [5, 5.41) is 2.98. The third-order valence-corrected chi connectivity index (χ3v) is 4.65. The van der Waals surface area contributed by atoms with E-state index in [9.17, 15) is 4.79 Å². The molecule has 3 aromatic rings. The molecule has 0 saturated heterocycles. The van der Waals surface area contributed by atoms with Crippen molar-refractivity contribution in [1.82, 2.24) is 0 Å². The van der Waals surface area contributed by atoms with Gasteiger partial charge in [-0.15, -0.1) is 0 Å². The molecule has 0 aliphatic rings. The van der Waals surface area contributed by atoms with Gasteiger partial charge in [0.05, 0.1) is 12.2 Å². The van der Waals surface area contributed by atoms with Crippen molar-refractivity contribution in [3.63, 3.8) is 0 Å². The molecule has 0 fully saturated rings. The van der Waals surface area contributed by atoms with Gasteiger partial charge in [-0.05, 0) is 60.9 Å². The standard InChI is InChI=1S/C23H22BrNO2/c1-16-12-17(2)14-20(13-16)25-23(26)21-15-19(24)8-9-22(21)27-11-10-18-6-4-3-5-7-18/h3-9,12-15H,10-11H2,1-2H3,(H,25,26). The number of anilines is 1. The summed E-state index contributed by atoms with van der Waals surface area (Å²) in [5.41, 5.74) is 4.72. The average molecular weight is 424 g/mol. The van der Waals surface area contributed by atoms with E-state index in [2.05, 4.69) is 39.4 Å². The monoisotopic (exact) mass is 423 g/mol. The minimum Gasteiger partial charge on any atom is -0.492 e. The highest BCUT2D eigenvalue weighted by atomic mass is 79.9. The maximum Gasteiger partial charge on any atom is 0.259 e. The molecule has 3 rings (SSSR count). The second-order valence-electron chi connectivity index (χ2n) is 6.56. The van der Waals surface area contributed by atoms with Crippen LogP contribution in [-0.4, -0.2) is 12.5 Å². The zero-order valence-corrected chi connectivity index (χ0v) is 17.0. The summed E-state index contributed by atoms with van der Waals surface area (Å²) >= 11 is 3.44. The number of benzene rings is 3. The van der Waals surface area contributed by atoms with Crippen LogP contribution in [0.5, 0.6) is 5.75 Å². The number of hydrogen-bond donors (Lipinski definition) is 1. The maximum absolute atomic E-state index is 12.8. The molecule has 27 heavy (non-hydrogen) atoms. The first-order valence-electron chi connectivity index (χ1n) is 8.87. The lowest BCUT2D eigenvalue weighted by Crippen LogP contribution is -2.14. The third-order valence-electron chi connectivity index (χ3n) is 4.16. The molecule has 3 nitrogen and oxygen atoms in total. The second kappa shape index (κ2) is 8.87. The van der Waals surface area contributed by atoms with Crippen LogP contribution < -0.4 is 10.1 Å². The summed E-state index contributed by atoms with van der Waals surface area (Å²) < 4.78 is 6.76. The summed E-state index contributed by atoms with van der Waals surface area (Å²) in [6.07, 6.45) is 0.787. The lowest BCUT2D eigenvalue weighted by molar-refractivity contribution is 0.102. The Labute approximate surface area is 168 Å². The third kappa shape index (κ3) is 5.44. The molecule has 0 atom stereocenters. The lowest BCUT2D eigenvalue weighted by atomic mass is 10.1. The maximum atomic E-state index is 12.8. The molecule has 0 saturated carbocycles. The van der Waals surface area contributed by atoms with E-state index < -0.39 is 0 Å². The predicted octanol–water partition coefficient (Wildman–Crippen LogP) is 5.94. The number of carbonyl (C=O) groups is 1. The van der Waals surface area contributed by atoms with Gasteiger partial charge in [0, 0.05) is 16.6 Å². The fourth-order valence-corrected chi connectivity index (χ4v) is 3.34. The molecule has 0 aromatic heterocycles. The fraction of sp³-hybridized carbons (Fsp3) is 0.174. The molecule has 138 valence electrons. The summed E-state index contributed by atoms with van der Waals surface area (Å²) in [5.74, 6) is 0.395. The highest BCUT2D eigenvalue weighted by molar-refractivity contribution is 9.10. The van der Waals surface area contributed by atoms with E-state index >= 15 is 0 Å². The molecule has 1 amide bonds. The van der Waals surface area contributed by atoms with Gasteiger partial charge in [0.2, 0.25) is 0 Å². The molecule has 0 unspecified atom stereocenters. The van der Waals surface area contributed by atoms with E-state index in [0.717, 1.165) is 27.7 Å². The largest absolute Gasteiger partial charge is 0.492 e. The van der Waals surface area contributed by atoms with Gasteiger partial charge in [-0.25, -0.2) is 0 Å². The van der Waals surface area contributed by atoms with Crippen molar-refractivity contribution in [3.05, 3.63) is 93.5 Å². The van der Waals surface area contributed by atoms with Crippen LogP contribution in [0.3, 0.4) is 0 Å². The fourth-order valence-electron chi connectivity index (χ4n) is 2.97. The van der Waals surface area contributed by atoms with Crippen molar-refractivity contribution in [1.29, 1.82) is 0 Å². The Morgan fingerprint density at radius 1 is 0.963 bits per heavy atom. The van der Waals surface area contributed by atoms with Gasteiger partial charge in [0.25, 0.3) is 5.91 Å². The molecule has 0 spiro atoms.